The Morgan fingerprint density at radius 1 is 1.07 bits per heavy atom. The number of ketones is 1. The van der Waals surface area contributed by atoms with E-state index in [1.165, 1.54) is 34.4 Å². The summed E-state index contributed by atoms with van der Waals surface area (Å²) in [6, 6.07) is 10.9. The molecule has 0 saturated carbocycles. The highest BCUT2D eigenvalue weighted by Crippen LogP contribution is 2.28. The fourth-order valence-corrected chi connectivity index (χ4v) is 4.39. The summed E-state index contributed by atoms with van der Waals surface area (Å²) in [6.07, 6.45) is 3.96. The molecule has 0 spiro atoms. The van der Waals surface area contributed by atoms with Crippen molar-refractivity contribution in [1.29, 1.82) is 0 Å². The molecule has 0 fully saturated rings. The molecule has 0 bridgehead atoms. The Labute approximate surface area is 169 Å². The maximum atomic E-state index is 12.8. The minimum absolute atomic E-state index is 0.0353. The monoisotopic (exact) mass is 390 g/mol. The molecule has 5 nitrogen and oxygen atoms in total. The van der Waals surface area contributed by atoms with Crippen molar-refractivity contribution in [2.45, 2.75) is 45.6 Å². The number of rotatable bonds is 6. The first kappa shape index (κ1) is 19.4. The number of carbonyl (C=O) groups is 1. The van der Waals surface area contributed by atoms with Crippen molar-refractivity contribution in [1.82, 2.24) is 10.3 Å². The molecule has 0 atom stereocenters. The van der Waals surface area contributed by atoms with Crippen LogP contribution in [0.3, 0.4) is 0 Å². The van der Waals surface area contributed by atoms with Gasteiger partial charge in [0.2, 0.25) is 5.56 Å². The number of nitrogens with one attached hydrogen (secondary N) is 2. The largest absolute Gasteiger partial charge is 0.506 e. The predicted octanol–water partition coefficient (Wildman–Crippen LogP) is 3.30. The molecule has 0 radical (unpaired) electrons. The summed E-state index contributed by atoms with van der Waals surface area (Å²) in [4.78, 5) is 27.0. The van der Waals surface area contributed by atoms with Crippen molar-refractivity contribution in [3.05, 3.63) is 74.6 Å². The number of fused-ring (bicyclic) bond motifs is 2. The molecule has 3 aromatic rings. The Hall–Kier alpha value is -2.92. The van der Waals surface area contributed by atoms with E-state index in [4.69, 9.17) is 0 Å². The number of benzene rings is 2. The molecule has 0 aliphatic heterocycles. The van der Waals surface area contributed by atoms with Crippen molar-refractivity contribution in [3.63, 3.8) is 0 Å². The molecule has 0 amide bonds. The van der Waals surface area contributed by atoms with E-state index in [2.05, 4.69) is 36.3 Å². The Morgan fingerprint density at radius 3 is 2.34 bits per heavy atom. The van der Waals surface area contributed by atoms with Gasteiger partial charge in [-0.25, -0.2) is 0 Å². The van der Waals surface area contributed by atoms with E-state index in [9.17, 15) is 14.7 Å². The van der Waals surface area contributed by atoms with E-state index in [0.29, 0.717) is 16.5 Å². The number of hydrogen-bond donors (Lipinski definition) is 3. The number of H-pyrrole nitrogens is 1. The Bertz CT molecular complexity index is 1110. The average molecular weight is 390 g/mol. The van der Waals surface area contributed by atoms with Crippen LogP contribution in [0.2, 0.25) is 0 Å². The van der Waals surface area contributed by atoms with Gasteiger partial charge >= 0.3 is 0 Å². The third kappa shape index (κ3) is 3.70. The standard InChI is InChI=1S/C24H26N2O3/c1-3-14-9-16-11-18(12-17(16)10-15(14)4-2)25-13-22(28)19-5-7-21(27)24-20(19)6-8-23(29)26-24/h5-10,18,25,27H,3-4,11-13H2,1-2H3,(H,26,29). The van der Waals surface area contributed by atoms with E-state index in [1.54, 1.807) is 12.1 Å². The number of hydrogen-bond acceptors (Lipinski definition) is 4. The van der Waals surface area contributed by atoms with E-state index < -0.39 is 0 Å². The zero-order valence-corrected chi connectivity index (χ0v) is 16.8. The van der Waals surface area contributed by atoms with Crippen LogP contribution in [0.15, 0.2) is 41.2 Å². The SMILES string of the molecule is CCc1cc2c(cc1CC)CC(NCC(=O)c1ccc(O)c3[nH]c(=O)ccc13)C2. The quantitative estimate of drug-likeness (QED) is 0.564. The fraction of sp³-hybridized carbons (Fsp3) is 0.333. The number of phenolic OH excluding ortho intramolecular Hbond substituents is 1. The number of aromatic nitrogens is 1. The highest BCUT2D eigenvalue weighted by molar-refractivity contribution is 6.09. The normalized spacial score (nSPS) is 13.7. The number of carbonyl (C=O) groups excluding carboxylic acids is 1. The average Bonchev–Trinajstić information content (AvgIpc) is 3.13. The molecule has 0 saturated heterocycles. The van der Waals surface area contributed by atoms with Gasteiger partial charge in [-0.05, 0) is 66.1 Å². The molecule has 2 aromatic carbocycles. The third-order valence-corrected chi connectivity index (χ3v) is 5.94. The van der Waals surface area contributed by atoms with Crippen LogP contribution >= 0.6 is 0 Å². The van der Waals surface area contributed by atoms with Crippen LogP contribution < -0.4 is 10.9 Å². The van der Waals surface area contributed by atoms with Crippen molar-refractivity contribution in [3.8, 4) is 5.75 Å². The molecule has 29 heavy (non-hydrogen) atoms. The van der Waals surface area contributed by atoms with Crippen molar-refractivity contribution in [2.24, 2.45) is 0 Å². The first-order valence-electron chi connectivity index (χ1n) is 10.2. The van der Waals surface area contributed by atoms with Gasteiger partial charge in [-0.15, -0.1) is 0 Å². The maximum Gasteiger partial charge on any atom is 0.248 e. The summed E-state index contributed by atoms with van der Waals surface area (Å²) in [5, 5.41) is 14.0. The molecule has 1 heterocycles. The van der Waals surface area contributed by atoms with Gasteiger partial charge in [-0.2, -0.15) is 0 Å². The van der Waals surface area contributed by atoms with Crippen LogP contribution in [0, 0.1) is 0 Å². The van der Waals surface area contributed by atoms with Crippen molar-refractivity contribution in [2.75, 3.05) is 6.54 Å². The van der Waals surface area contributed by atoms with Gasteiger partial charge in [0.15, 0.2) is 5.78 Å². The lowest BCUT2D eigenvalue weighted by Gasteiger charge is -2.12. The molecular weight excluding hydrogens is 364 g/mol. The summed E-state index contributed by atoms with van der Waals surface area (Å²) >= 11 is 0. The zero-order chi connectivity index (χ0) is 20.5. The second-order valence-electron chi connectivity index (χ2n) is 7.75. The summed E-state index contributed by atoms with van der Waals surface area (Å²) in [6.45, 7) is 4.61. The van der Waals surface area contributed by atoms with E-state index in [0.717, 1.165) is 25.7 Å². The van der Waals surface area contributed by atoms with Crippen LogP contribution in [0.1, 0.15) is 46.5 Å². The maximum absolute atomic E-state index is 12.8. The van der Waals surface area contributed by atoms with E-state index >= 15 is 0 Å². The van der Waals surface area contributed by atoms with Crippen LogP contribution in [0.4, 0.5) is 0 Å². The van der Waals surface area contributed by atoms with Crippen molar-refractivity contribution < 1.29 is 9.90 Å². The highest BCUT2D eigenvalue weighted by atomic mass is 16.3. The Kier molecular flexibility index (Phi) is 5.24. The minimum atomic E-state index is -0.308. The van der Waals surface area contributed by atoms with Gasteiger partial charge in [-0.3, -0.25) is 9.59 Å². The molecule has 1 aliphatic rings. The van der Waals surface area contributed by atoms with Crippen LogP contribution in [0.25, 0.3) is 10.9 Å². The second kappa shape index (κ2) is 7.84. The smallest absolute Gasteiger partial charge is 0.248 e. The summed E-state index contributed by atoms with van der Waals surface area (Å²) in [5.41, 5.74) is 6.11. The molecular formula is C24H26N2O3. The second-order valence-corrected chi connectivity index (χ2v) is 7.75. The third-order valence-electron chi connectivity index (χ3n) is 5.94. The molecule has 3 N–H and O–H groups in total. The van der Waals surface area contributed by atoms with E-state index in [-0.39, 0.29) is 29.7 Å². The predicted molar refractivity (Wildman–Crippen MR) is 115 cm³/mol. The molecule has 1 aliphatic carbocycles. The van der Waals surface area contributed by atoms with Crippen molar-refractivity contribution >= 4 is 16.7 Å². The minimum Gasteiger partial charge on any atom is -0.506 e. The van der Waals surface area contributed by atoms with Gasteiger partial charge in [0, 0.05) is 23.1 Å². The number of pyridine rings is 1. The lowest BCUT2D eigenvalue weighted by Crippen LogP contribution is -2.34. The Morgan fingerprint density at radius 2 is 1.72 bits per heavy atom. The van der Waals surface area contributed by atoms with Crippen LogP contribution in [-0.2, 0) is 25.7 Å². The first-order valence-corrected chi connectivity index (χ1v) is 10.2. The fourth-order valence-electron chi connectivity index (χ4n) is 4.39. The molecule has 4 rings (SSSR count). The van der Waals surface area contributed by atoms with Crippen LogP contribution in [0.5, 0.6) is 5.75 Å². The molecule has 5 heteroatoms. The zero-order valence-electron chi connectivity index (χ0n) is 16.8. The van der Waals surface area contributed by atoms with E-state index in [1.807, 2.05) is 0 Å². The lowest BCUT2D eigenvalue weighted by molar-refractivity contribution is 0.0989. The van der Waals surface area contributed by atoms with Gasteiger partial charge in [0.1, 0.15) is 5.75 Å². The number of aromatic amines is 1. The first-order chi connectivity index (χ1) is 14.0. The number of aryl methyl sites for hydroxylation is 2. The van der Waals surface area contributed by atoms with Gasteiger partial charge in [0.25, 0.3) is 0 Å². The number of phenols is 1. The summed E-state index contributed by atoms with van der Waals surface area (Å²) in [7, 11) is 0. The highest BCUT2D eigenvalue weighted by Gasteiger charge is 2.23. The summed E-state index contributed by atoms with van der Waals surface area (Å²) in [5.74, 6) is -0.0894. The number of Topliss-reactive ketones (excluding diaryl/α,β-unsaturated/α-hetero) is 1. The summed E-state index contributed by atoms with van der Waals surface area (Å²) < 4.78 is 0. The molecule has 1 aromatic heterocycles. The lowest BCUT2D eigenvalue weighted by atomic mass is 9.97. The van der Waals surface area contributed by atoms with Gasteiger partial charge in [-0.1, -0.05) is 26.0 Å². The number of aromatic hydroxyl groups is 1. The van der Waals surface area contributed by atoms with Crippen LogP contribution in [-0.4, -0.2) is 28.5 Å². The topological polar surface area (TPSA) is 82.2 Å². The van der Waals surface area contributed by atoms with Gasteiger partial charge in [0.05, 0.1) is 12.1 Å². The molecule has 150 valence electrons. The van der Waals surface area contributed by atoms with Gasteiger partial charge < -0.3 is 15.4 Å². The molecule has 0 unspecified atom stereocenters. The Balaban J connectivity index is 1.49.